The standard InChI is InChI=1S/C26H33N3O2/c1-4-14-27-17-22-16-23(18-27)29(22)25(21-8-7-9-24(30)15-21)19-10-12-20(13-11-19)26(31)28(5-2)6-3/h4,7-13,15,22-23,25,30H,1,5-6,14,16-18H2,2-3H3. The van der Waals surface area contributed by atoms with Crippen LogP contribution in [0.1, 0.15) is 47.8 Å². The lowest BCUT2D eigenvalue weighted by Crippen LogP contribution is -2.69. The summed E-state index contributed by atoms with van der Waals surface area (Å²) in [5.41, 5.74) is 2.98. The van der Waals surface area contributed by atoms with Crippen molar-refractivity contribution in [1.29, 1.82) is 0 Å². The third-order valence-corrected chi connectivity index (χ3v) is 6.72. The normalized spacial score (nSPS) is 21.9. The highest BCUT2D eigenvalue weighted by molar-refractivity contribution is 5.94. The molecule has 2 bridgehead atoms. The van der Waals surface area contributed by atoms with E-state index >= 15 is 0 Å². The van der Waals surface area contributed by atoms with Gasteiger partial charge in [0.05, 0.1) is 6.04 Å². The quantitative estimate of drug-likeness (QED) is 0.659. The van der Waals surface area contributed by atoms with Crippen molar-refractivity contribution in [1.82, 2.24) is 14.7 Å². The Morgan fingerprint density at radius 3 is 2.39 bits per heavy atom. The van der Waals surface area contributed by atoms with E-state index in [0.717, 1.165) is 36.3 Å². The summed E-state index contributed by atoms with van der Waals surface area (Å²) in [4.78, 5) is 19.6. The topological polar surface area (TPSA) is 47.0 Å². The highest BCUT2D eigenvalue weighted by Crippen LogP contribution is 2.43. The maximum atomic E-state index is 12.7. The minimum atomic E-state index is 0.0688. The van der Waals surface area contributed by atoms with E-state index in [1.54, 1.807) is 6.07 Å². The van der Waals surface area contributed by atoms with Crippen LogP contribution in [0.2, 0.25) is 0 Å². The third-order valence-electron chi connectivity index (χ3n) is 6.72. The fraction of sp³-hybridized carbons (Fsp3) is 0.423. The van der Waals surface area contributed by atoms with Crippen molar-refractivity contribution in [2.45, 2.75) is 38.4 Å². The number of rotatable bonds is 8. The Kier molecular flexibility index (Phi) is 6.44. The van der Waals surface area contributed by atoms with Crippen LogP contribution >= 0.6 is 0 Å². The van der Waals surface area contributed by atoms with E-state index in [2.05, 4.69) is 34.6 Å². The van der Waals surface area contributed by atoms with Gasteiger partial charge in [-0.05, 0) is 55.7 Å². The number of carbonyl (C=O) groups excluding carboxylic acids is 1. The number of piperazine rings is 1. The largest absolute Gasteiger partial charge is 0.508 e. The van der Waals surface area contributed by atoms with Gasteiger partial charge in [0.25, 0.3) is 5.91 Å². The number of aromatic hydroxyl groups is 1. The molecule has 3 fully saturated rings. The first-order valence-electron chi connectivity index (χ1n) is 11.3. The number of piperidine rings is 1. The number of hydrogen-bond donors (Lipinski definition) is 1. The molecule has 5 rings (SSSR count). The molecule has 3 heterocycles. The molecule has 2 aromatic carbocycles. The van der Waals surface area contributed by atoms with Crippen molar-refractivity contribution in [3.8, 4) is 5.75 Å². The van der Waals surface area contributed by atoms with Crippen LogP contribution in [0.15, 0.2) is 61.2 Å². The molecule has 31 heavy (non-hydrogen) atoms. The highest BCUT2D eigenvalue weighted by atomic mass is 16.3. The Morgan fingerprint density at radius 1 is 1.13 bits per heavy atom. The van der Waals surface area contributed by atoms with Gasteiger partial charge in [-0.25, -0.2) is 0 Å². The van der Waals surface area contributed by atoms with Crippen molar-refractivity contribution < 1.29 is 9.90 Å². The molecule has 0 radical (unpaired) electrons. The maximum absolute atomic E-state index is 12.7. The first kappa shape index (κ1) is 21.6. The molecular formula is C26H33N3O2. The van der Waals surface area contributed by atoms with Crippen LogP contribution in [0.3, 0.4) is 0 Å². The van der Waals surface area contributed by atoms with E-state index in [9.17, 15) is 9.90 Å². The van der Waals surface area contributed by atoms with Crippen molar-refractivity contribution in [3.63, 3.8) is 0 Å². The number of benzene rings is 2. The first-order chi connectivity index (χ1) is 15.0. The summed E-state index contributed by atoms with van der Waals surface area (Å²) in [6.07, 6.45) is 3.19. The number of amides is 1. The third kappa shape index (κ3) is 4.25. The molecule has 3 atom stereocenters. The Labute approximate surface area is 185 Å². The molecule has 3 saturated heterocycles. The number of fused-ring (bicyclic) bond motifs is 2. The number of carbonyl (C=O) groups is 1. The van der Waals surface area contributed by atoms with Gasteiger partial charge < -0.3 is 10.0 Å². The van der Waals surface area contributed by atoms with Crippen LogP contribution < -0.4 is 0 Å². The molecule has 5 nitrogen and oxygen atoms in total. The monoisotopic (exact) mass is 419 g/mol. The molecular weight excluding hydrogens is 386 g/mol. The molecule has 3 aliphatic heterocycles. The summed E-state index contributed by atoms with van der Waals surface area (Å²) in [6.45, 7) is 12.3. The van der Waals surface area contributed by atoms with Crippen LogP contribution in [0.5, 0.6) is 5.75 Å². The maximum Gasteiger partial charge on any atom is 0.253 e. The van der Waals surface area contributed by atoms with Crippen molar-refractivity contribution >= 4 is 5.91 Å². The zero-order chi connectivity index (χ0) is 22.0. The zero-order valence-electron chi connectivity index (χ0n) is 18.6. The Morgan fingerprint density at radius 2 is 1.81 bits per heavy atom. The SMILES string of the molecule is C=CCN1CC2CC(C1)N2C(c1ccc(C(=O)N(CC)CC)cc1)c1cccc(O)c1. The molecule has 3 aliphatic rings. The predicted molar refractivity (Wildman–Crippen MR) is 124 cm³/mol. The van der Waals surface area contributed by atoms with Gasteiger partial charge in [0, 0.05) is 50.4 Å². The van der Waals surface area contributed by atoms with E-state index in [1.807, 2.05) is 49.1 Å². The summed E-state index contributed by atoms with van der Waals surface area (Å²) in [5, 5.41) is 10.1. The minimum absolute atomic E-state index is 0.0688. The lowest BCUT2D eigenvalue weighted by Gasteiger charge is -2.59. The molecule has 5 heteroatoms. The van der Waals surface area contributed by atoms with Gasteiger partial charge in [0.2, 0.25) is 0 Å². The van der Waals surface area contributed by atoms with Gasteiger partial charge in [0.15, 0.2) is 0 Å². The fourth-order valence-corrected chi connectivity index (χ4v) is 5.21. The van der Waals surface area contributed by atoms with Crippen LogP contribution in [0.25, 0.3) is 0 Å². The number of hydrogen-bond acceptors (Lipinski definition) is 4. The van der Waals surface area contributed by atoms with Gasteiger partial charge in [-0.3, -0.25) is 14.6 Å². The minimum Gasteiger partial charge on any atom is -0.508 e. The second kappa shape index (κ2) is 9.25. The second-order valence-corrected chi connectivity index (χ2v) is 8.59. The molecule has 1 N–H and O–H groups in total. The zero-order valence-corrected chi connectivity index (χ0v) is 18.6. The van der Waals surface area contributed by atoms with E-state index in [0.29, 0.717) is 25.2 Å². The highest BCUT2D eigenvalue weighted by Gasteiger charge is 2.48. The van der Waals surface area contributed by atoms with Crippen LogP contribution in [0, 0.1) is 0 Å². The molecule has 2 aromatic rings. The van der Waals surface area contributed by atoms with Crippen molar-refractivity contribution in [2.75, 3.05) is 32.7 Å². The summed E-state index contributed by atoms with van der Waals surface area (Å²) in [7, 11) is 0. The molecule has 164 valence electrons. The van der Waals surface area contributed by atoms with Crippen LogP contribution in [0.4, 0.5) is 0 Å². The van der Waals surface area contributed by atoms with Gasteiger partial charge in [-0.1, -0.05) is 30.3 Å². The van der Waals surface area contributed by atoms with E-state index < -0.39 is 0 Å². The van der Waals surface area contributed by atoms with Crippen molar-refractivity contribution in [3.05, 3.63) is 77.9 Å². The van der Waals surface area contributed by atoms with Crippen LogP contribution in [-0.4, -0.2) is 70.5 Å². The summed E-state index contributed by atoms with van der Waals surface area (Å²) >= 11 is 0. The van der Waals surface area contributed by atoms with E-state index in [-0.39, 0.29) is 17.7 Å². The molecule has 0 saturated carbocycles. The van der Waals surface area contributed by atoms with Gasteiger partial charge in [-0.15, -0.1) is 6.58 Å². The Balaban J connectivity index is 1.63. The number of phenolic OH excluding ortho intramolecular Hbond substituents is 1. The molecule has 3 unspecified atom stereocenters. The van der Waals surface area contributed by atoms with Gasteiger partial charge >= 0.3 is 0 Å². The second-order valence-electron chi connectivity index (χ2n) is 8.59. The number of phenols is 1. The average molecular weight is 420 g/mol. The smallest absolute Gasteiger partial charge is 0.253 e. The van der Waals surface area contributed by atoms with E-state index in [1.165, 1.54) is 6.42 Å². The molecule has 0 aliphatic carbocycles. The Bertz CT molecular complexity index is 911. The van der Waals surface area contributed by atoms with E-state index in [4.69, 9.17) is 0 Å². The average Bonchev–Trinajstić information content (AvgIpc) is 2.78. The first-order valence-corrected chi connectivity index (χ1v) is 11.3. The number of nitrogens with zero attached hydrogens (tertiary/aromatic N) is 3. The lowest BCUT2D eigenvalue weighted by atomic mass is 9.81. The summed E-state index contributed by atoms with van der Waals surface area (Å²) in [6, 6.07) is 16.7. The molecule has 0 spiro atoms. The van der Waals surface area contributed by atoms with Gasteiger partial charge in [0.1, 0.15) is 5.75 Å². The molecule has 0 aromatic heterocycles. The molecule has 1 amide bonds. The van der Waals surface area contributed by atoms with Crippen molar-refractivity contribution in [2.24, 2.45) is 0 Å². The summed E-state index contributed by atoms with van der Waals surface area (Å²) in [5.74, 6) is 0.362. The Hall–Kier alpha value is -2.63. The summed E-state index contributed by atoms with van der Waals surface area (Å²) < 4.78 is 0. The predicted octanol–water partition coefficient (Wildman–Crippen LogP) is 3.91. The van der Waals surface area contributed by atoms with Crippen LogP contribution in [-0.2, 0) is 0 Å². The lowest BCUT2D eigenvalue weighted by molar-refractivity contribution is -0.0850. The van der Waals surface area contributed by atoms with Gasteiger partial charge in [-0.2, -0.15) is 0 Å². The fourth-order valence-electron chi connectivity index (χ4n) is 5.21.